The van der Waals surface area contributed by atoms with Crippen LogP contribution >= 0.6 is 0 Å². The summed E-state index contributed by atoms with van der Waals surface area (Å²) >= 11 is 0. The number of hydrogen-bond acceptors (Lipinski definition) is 4. The lowest BCUT2D eigenvalue weighted by atomic mass is 9.47. The first kappa shape index (κ1) is 31.5. The Bertz CT molecular complexity index is 810. The van der Waals surface area contributed by atoms with E-state index in [9.17, 15) is 4.79 Å². The molecule has 0 amide bonds. The van der Waals surface area contributed by atoms with Gasteiger partial charge in [-0.05, 0) is 73.6 Å². The van der Waals surface area contributed by atoms with Crippen molar-refractivity contribution in [3.05, 3.63) is 23.3 Å². The monoisotopic (exact) mass is 520 g/mol. The Morgan fingerprint density at radius 2 is 1.78 bits per heavy atom. The fraction of sp³-hybridized carbons (Fsp3) is 0.839. The number of ether oxygens (including phenoxy) is 2. The van der Waals surface area contributed by atoms with Crippen molar-refractivity contribution >= 4 is 14.6 Å². The molecule has 7 atom stereocenters. The van der Waals surface area contributed by atoms with Gasteiger partial charge >= 0.3 is 0 Å². The molecule has 208 valence electrons. The molecule has 4 nitrogen and oxygen atoms in total. The lowest BCUT2D eigenvalue weighted by molar-refractivity contribution is -0.133. The van der Waals surface area contributed by atoms with Gasteiger partial charge in [-0.3, -0.25) is 0 Å². The molecule has 5 heteroatoms. The van der Waals surface area contributed by atoms with Crippen LogP contribution in [0.1, 0.15) is 88.0 Å². The summed E-state index contributed by atoms with van der Waals surface area (Å²) < 4.78 is 18.3. The Morgan fingerprint density at radius 3 is 2.22 bits per heavy atom. The normalized spacial score (nSPS) is 35.5. The van der Waals surface area contributed by atoms with Crippen LogP contribution in [0.15, 0.2) is 23.3 Å². The Labute approximate surface area is 223 Å². The van der Waals surface area contributed by atoms with Gasteiger partial charge in [0, 0.05) is 17.9 Å². The number of allylic oxidation sites excluding steroid dienone is 3. The van der Waals surface area contributed by atoms with Gasteiger partial charge in [0.25, 0.3) is 0 Å². The SMILES string of the molecule is CC/C(=C\[C@@]1(CC)C=C(C)[C@H]2[C@H](C)[C@H](OCOC)[C@@H](CC)[C@@H]2[C@]1(C=O)CC)CO[Si](C)(C)C(C)(C)C. The Morgan fingerprint density at radius 1 is 1.14 bits per heavy atom. The second-order valence-electron chi connectivity index (χ2n) is 13.0. The second-order valence-corrected chi connectivity index (χ2v) is 17.8. The minimum Gasteiger partial charge on any atom is -0.413 e. The van der Waals surface area contributed by atoms with Gasteiger partial charge in [0.2, 0.25) is 0 Å². The lowest BCUT2D eigenvalue weighted by Gasteiger charge is -2.55. The van der Waals surface area contributed by atoms with Crippen molar-refractivity contribution in [2.24, 2.45) is 34.5 Å². The molecule has 0 spiro atoms. The molecule has 0 N–H and O–H groups in total. The molecule has 36 heavy (non-hydrogen) atoms. The molecule has 0 aliphatic heterocycles. The average Bonchev–Trinajstić information content (AvgIpc) is 3.12. The topological polar surface area (TPSA) is 44.8 Å². The van der Waals surface area contributed by atoms with Crippen LogP contribution in [0, 0.1) is 34.5 Å². The van der Waals surface area contributed by atoms with Gasteiger partial charge < -0.3 is 18.7 Å². The first-order valence-electron chi connectivity index (χ1n) is 14.4. The molecule has 1 fully saturated rings. The van der Waals surface area contributed by atoms with E-state index in [-0.39, 0.29) is 22.5 Å². The maximum absolute atomic E-state index is 13.4. The van der Waals surface area contributed by atoms with E-state index in [1.807, 2.05) is 0 Å². The summed E-state index contributed by atoms with van der Waals surface area (Å²) in [5.74, 6) is 1.27. The van der Waals surface area contributed by atoms with Crippen LogP contribution in [0.5, 0.6) is 0 Å². The summed E-state index contributed by atoms with van der Waals surface area (Å²) in [4.78, 5) is 13.4. The van der Waals surface area contributed by atoms with E-state index in [1.165, 1.54) is 17.4 Å². The number of aldehydes is 1. The molecular weight excluding hydrogens is 464 g/mol. The molecule has 0 bridgehead atoms. The van der Waals surface area contributed by atoms with E-state index in [0.717, 1.165) is 25.7 Å². The molecule has 0 radical (unpaired) electrons. The molecule has 0 unspecified atom stereocenters. The van der Waals surface area contributed by atoms with E-state index in [4.69, 9.17) is 13.9 Å². The van der Waals surface area contributed by atoms with Gasteiger partial charge in [-0.1, -0.05) is 79.5 Å². The van der Waals surface area contributed by atoms with E-state index in [1.54, 1.807) is 7.11 Å². The number of rotatable bonds is 12. The first-order chi connectivity index (χ1) is 16.8. The highest BCUT2D eigenvalue weighted by Gasteiger charge is 2.64. The fourth-order valence-electron chi connectivity index (χ4n) is 7.29. The van der Waals surface area contributed by atoms with Crippen molar-refractivity contribution < 1.29 is 18.7 Å². The second kappa shape index (κ2) is 12.0. The third kappa shape index (κ3) is 5.37. The summed E-state index contributed by atoms with van der Waals surface area (Å²) in [7, 11) is -0.187. The molecule has 0 aromatic rings. The maximum atomic E-state index is 13.4. The van der Waals surface area contributed by atoms with E-state index in [0.29, 0.717) is 31.2 Å². The number of carbonyl (C=O) groups excluding carboxylic acids is 1. The average molecular weight is 521 g/mol. The van der Waals surface area contributed by atoms with Crippen LogP contribution in [0.3, 0.4) is 0 Å². The zero-order valence-electron chi connectivity index (χ0n) is 25.5. The summed E-state index contributed by atoms with van der Waals surface area (Å²) in [6.45, 7) is 26.0. The lowest BCUT2D eigenvalue weighted by Crippen LogP contribution is -2.53. The number of carbonyl (C=O) groups is 1. The van der Waals surface area contributed by atoms with Crippen molar-refractivity contribution in [3.8, 4) is 0 Å². The highest BCUT2D eigenvalue weighted by molar-refractivity contribution is 6.74. The molecule has 0 saturated heterocycles. The van der Waals surface area contributed by atoms with Crippen LogP contribution < -0.4 is 0 Å². The first-order valence-corrected chi connectivity index (χ1v) is 17.3. The number of fused-ring (bicyclic) bond motifs is 1. The molecule has 0 heterocycles. The minimum atomic E-state index is -1.87. The van der Waals surface area contributed by atoms with Gasteiger partial charge in [-0.25, -0.2) is 0 Å². The predicted molar refractivity (Wildman–Crippen MR) is 153 cm³/mol. The Kier molecular flexibility index (Phi) is 10.5. The van der Waals surface area contributed by atoms with Crippen molar-refractivity contribution in [3.63, 3.8) is 0 Å². The number of hydrogen-bond donors (Lipinski definition) is 0. The molecule has 1 saturated carbocycles. The van der Waals surface area contributed by atoms with Gasteiger partial charge in [0.05, 0.1) is 12.7 Å². The van der Waals surface area contributed by atoms with Gasteiger partial charge in [-0.2, -0.15) is 0 Å². The fourth-order valence-corrected chi connectivity index (χ4v) is 8.27. The zero-order chi connectivity index (χ0) is 27.5. The molecule has 2 rings (SSSR count). The van der Waals surface area contributed by atoms with Crippen LogP contribution in [-0.4, -0.2) is 41.2 Å². The van der Waals surface area contributed by atoms with Gasteiger partial charge in [0.1, 0.15) is 13.1 Å². The summed E-state index contributed by atoms with van der Waals surface area (Å²) in [6, 6.07) is 0. The molecule has 0 aromatic heterocycles. The molecule has 0 aromatic carbocycles. The predicted octanol–water partition coefficient (Wildman–Crippen LogP) is 8.19. The van der Waals surface area contributed by atoms with Crippen molar-refractivity contribution in [2.45, 2.75) is 112 Å². The third-order valence-corrected chi connectivity index (χ3v) is 14.9. The van der Waals surface area contributed by atoms with Gasteiger partial charge in [-0.15, -0.1) is 0 Å². The van der Waals surface area contributed by atoms with Crippen molar-refractivity contribution in [2.75, 3.05) is 20.5 Å². The smallest absolute Gasteiger partial charge is 0.192 e. The Hall–Kier alpha value is -0.753. The van der Waals surface area contributed by atoms with Crippen LogP contribution in [-0.2, 0) is 18.7 Å². The van der Waals surface area contributed by atoms with Crippen molar-refractivity contribution in [1.82, 2.24) is 0 Å². The van der Waals surface area contributed by atoms with E-state index < -0.39 is 13.7 Å². The molecule has 2 aliphatic carbocycles. The highest BCUT2D eigenvalue weighted by atomic mass is 28.4. The zero-order valence-corrected chi connectivity index (χ0v) is 26.5. The maximum Gasteiger partial charge on any atom is 0.192 e. The highest BCUT2D eigenvalue weighted by Crippen LogP contribution is 2.66. The van der Waals surface area contributed by atoms with E-state index in [2.05, 4.69) is 87.6 Å². The standard InChI is InChI=1S/C31H56O4Si/c1-13-24(19-35-36(11,12)29(7,8)9)18-30(15-3)17-22(5)26-23(6)28(34-21-33-10)25(14-2)27(26)31(30,16-4)20-32/h17-18,20,23,25-28H,13-16,19,21H2,1-12H3/b24-18+/t23-,25-,26-,27-,28-,30+,31+/m0/s1. The van der Waals surface area contributed by atoms with Crippen LogP contribution in [0.2, 0.25) is 18.1 Å². The summed E-state index contributed by atoms with van der Waals surface area (Å²) in [6.07, 6.45) is 10.0. The molecule has 2 aliphatic rings. The number of methoxy groups -OCH3 is 1. The van der Waals surface area contributed by atoms with Gasteiger partial charge in [0.15, 0.2) is 8.32 Å². The third-order valence-electron chi connectivity index (χ3n) is 10.4. The van der Waals surface area contributed by atoms with Crippen molar-refractivity contribution in [1.29, 1.82) is 0 Å². The quantitative estimate of drug-likeness (QED) is 0.113. The summed E-state index contributed by atoms with van der Waals surface area (Å²) in [5.41, 5.74) is 1.94. The largest absolute Gasteiger partial charge is 0.413 e. The minimum absolute atomic E-state index is 0.100. The Balaban J connectivity index is 2.64. The van der Waals surface area contributed by atoms with Crippen LogP contribution in [0.4, 0.5) is 0 Å². The van der Waals surface area contributed by atoms with Crippen LogP contribution in [0.25, 0.3) is 0 Å². The van der Waals surface area contributed by atoms with E-state index >= 15 is 0 Å². The molecular formula is C31H56O4Si. The summed E-state index contributed by atoms with van der Waals surface area (Å²) in [5, 5.41) is 0.171.